The summed E-state index contributed by atoms with van der Waals surface area (Å²) in [4.78, 5) is 25.1. The molecule has 1 aromatic rings. The number of ether oxygens (including phenoxy) is 2. The summed E-state index contributed by atoms with van der Waals surface area (Å²) >= 11 is 0. The molecule has 1 aromatic carbocycles. The second-order valence-corrected chi connectivity index (χ2v) is 4.47. The minimum absolute atomic E-state index is 0.0416. The van der Waals surface area contributed by atoms with E-state index in [0.29, 0.717) is 12.4 Å². The second-order valence-electron chi connectivity index (χ2n) is 4.47. The maximum absolute atomic E-state index is 12.3. The first-order valence-corrected chi connectivity index (χ1v) is 6.24. The van der Waals surface area contributed by atoms with Gasteiger partial charge in [0, 0.05) is 6.42 Å². The van der Waals surface area contributed by atoms with Crippen molar-refractivity contribution in [1.82, 2.24) is 0 Å². The predicted molar refractivity (Wildman–Crippen MR) is 70.1 cm³/mol. The van der Waals surface area contributed by atoms with Crippen LogP contribution in [-0.4, -0.2) is 31.6 Å². The van der Waals surface area contributed by atoms with E-state index in [1.165, 1.54) is 7.11 Å². The summed E-state index contributed by atoms with van der Waals surface area (Å²) in [5, 5.41) is 0. The van der Waals surface area contributed by atoms with Gasteiger partial charge < -0.3 is 14.4 Å². The molecule has 1 heterocycles. The zero-order valence-electron chi connectivity index (χ0n) is 11.1. The van der Waals surface area contributed by atoms with Crippen LogP contribution in [0.25, 0.3) is 0 Å². The Kier molecular flexibility index (Phi) is 4.04. The Balaban J connectivity index is 2.14. The van der Waals surface area contributed by atoms with E-state index in [0.717, 1.165) is 5.69 Å². The monoisotopic (exact) mass is 263 g/mol. The fraction of sp³-hybridized carbons (Fsp3) is 0.429. The number of carbonyl (C=O) groups is 2. The molecule has 19 heavy (non-hydrogen) atoms. The first-order valence-electron chi connectivity index (χ1n) is 6.24. The molecule has 102 valence electrons. The van der Waals surface area contributed by atoms with Crippen molar-refractivity contribution >= 4 is 17.6 Å². The van der Waals surface area contributed by atoms with Crippen LogP contribution in [0.2, 0.25) is 0 Å². The molecule has 5 heteroatoms. The molecule has 1 amide bonds. The fourth-order valence-electron chi connectivity index (χ4n) is 2.11. The lowest BCUT2D eigenvalue weighted by molar-refractivity contribution is -0.141. The van der Waals surface area contributed by atoms with Crippen LogP contribution in [0, 0.1) is 0 Å². The van der Waals surface area contributed by atoms with Crippen LogP contribution in [0.3, 0.4) is 0 Å². The average Bonchev–Trinajstić information content (AvgIpc) is 2.44. The predicted octanol–water partition coefficient (Wildman–Crippen LogP) is 1.75. The van der Waals surface area contributed by atoms with Gasteiger partial charge in [0.2, 0.25) is 5.91 Å². The van der Waals surface area contributed by atoms with Crippen molar-refractivity contribution < 1.29 is 19.1 Å². The summed E-state index contributed by atoms with van der Waals surface area (Å²) in [6, 6.07) is 7.37. The molecule has 0 saturated heterocycles. The number of nitrogens with zero attached hydrogens (tertiary/aromatic N) is 1. The van der Waals surface area contributed by atoms with Crippen molar-refractivity contribution in [2.75, 3.05) is 18.6 Å². The molecule has 0 aromatic heterocycles. The largest absolute Gasteiger partial charge is 0.489 e. The Hall–Kier alpha value is -2.04. The lowest BCUT2D eigenvalue weighted by Crippen LogP contribution is -2.45. The van der Waals surface area contributed by atoms with Gasteiger partial charge in [0.1, 0.15) is 12.4 Å². The molecule has 1 atom stereocenters. The first kappa shape index (κ1) is 13.4. The Morgan fingerprint density at radius 3 is 2.84 bits per heavy atom. The summed E-state index contributed by atoms with van der Waals surface area (Å²) in [5.74, 6) is 0.239. The molecule has 5 nitrogen and oxygen atoms in total. The van der Waals surface area contributed by atoms with Crippen LogP contribution in [0.4, 0.5) is 5.69 Å². The van der Waals surface area contributed by atoms with E-state index in [-0.39, 0.29) is 30.8 Å². The van der Waals surface area contributed by atoms with E-state index in [1.807, 2.05) is 31.2 Å². The van der Waals surface area contributed by atoms with Gasteiger partial charge in [0.05, 0.1) is 25.3 Å². The standard InChI is InChI=1S/C14H17NO4/c1-10-9-19-12-6-4-3-5-11(12)15(10)13(16)7-8-14(17)18-2/h3-6,10H,7-9H2,1-2H3. The van der Waals surface area contributed by atoms with Gasteiger partial charge in [-0.2, -0.15) is 0 Å². The highest BCUT2D eigenvalue weighted by molar-refractivity contribution is 5.97. The highest BCUT2D eigenvalue weighted by atomic mass is 16.5. The number of hydrogen-bond donors (Lipinski definition) is 0. The van der Waals surface area contributed by atoms with Crippen molar-refractivity contribution in [3.8, 4) is 5.75 Å². The molecule has 1 aliphatic heterocycles. The van der Waals surface area contributed by atoms with E-state index in [2.05, 4.69) is 4.74 Å². The van der Waals surface area contributed by atoms with Gasteiger partial charge in [0.15, 0.2) is 0 Å². The molecule has 0 aliphatic carbocycles. The molecule has 0 fully saturated rings. The van der Waals surface area contributed by atoms with E-state index in [9.17, 15) is 9.59 Å². The zero-order chi connectivity index (χ0) is 13.8. The third kappa shape index (κ3) is 2.86. The molecule has 2 rings (SSSR count). The van der Waals surface area contributed by atoms with Crippen LogP contribution in [-0.2, 0) is 14.3 Å². The van der Waals surface area contributed by atoms with Gasteiger partial charge in [-0.25, -0.2) is 0 Å². The topological polar surface area (TPSA) is 55.8 Å². The Bertz CT molecular complexity index is 486. The van der Waals surface area contributed by atoms with Gasteiger partial charge in [0.25, 0.3) is 0 Å². The molecule has 0 saturated carbocycles. The molecular formula is C14H17NO4. The number of esters is 1. The maximum atomic E-state index is 12.3. The highest BCUT2D eigenvalue weighted by Gasteiger charge is 2.29. The number of fused-ring (bicyclic) bond motifs is 1. The van der Waals surface area contributed by atoms with Crippen molar-refractivity contribution in [3.63, 3.8) is 0 Å². The van der Waals surface area contributed by atoms with Crippen LogP contribution < -0.4 is 9.64 Å². The number of hydrogen-bond acceptors (Lipinski definition) is 4. The third-order valence-corrected chi connectivity index (χ3v) is 3.08. The number of rotatable bonds is 3. The Morgan fingerprint density at radius 1 is 1.37 bits per heavy atom. The maximum Gasteiger partial charge on any atom is 0.306 e. The van der Waals surface area contributed by atoms with Gasteiger partial charge in [-0.15, -0.1) is 0 Å². The molecule has 1 unspecified atom stereocenters. The van der Waals surface area contributed by atoms with Crippen LogP contribution in [0.5, 0.6) is 5.75 Å². The Morgan fingerprint density at radius 2 is 2.11 bits per heavy atom. The van der Waals surface area contributed by atoms with Crippen LogP contribution in [0.15, 0.2) is 24.3 Å². The second kappa shape index (κ2) is 5.73. The third-order valence-electron chi connectivity index (χ3n) is 3.08. The normalized spacial score (nSPS) is 17.4. The number of carbonyl (C=O) groups excluding carboxylic acids is 2. The lowest BCUT2D eigenvalue weighted by atomic mass is 10.1. The zero-order valence-corrected chi connectivity index (χ0v) is 11.1. The Labute approximate surface area is 112 Å². The van der Waals surface area contributed by atoms with Crippen LogP contribution in [0.1, 0.15) is 19.8 Å². The summed E-state index contributed by atoms with van der Waals surface area (Å²) in [6.07, 6.45) is 0.243. The molecule has 0 N–H and O–H groups in total. The number of anilines is 1. The van der Waals surface area contributed by atoms with Crippen molar-refractivity contribution in [2.45, 2.75) is 25.8 Å². The molecule has 0 radical (unpaired) electrons. The smallest absolute Gasteiger partial charge is 0.306 e. The summed E-state index contributed by atoms with van der Waals surface area (Å²) in [7, 11) is 1.32. The summed E-state index contributed by atoms with van der Waals surface area (Å²) < 4.78 is 10.1. The summed E-state index contributed by atoms with van der Waals surface area (Å²) in [5.41, 5.74) is 0.760. The van der Waals surface area contributed by atoms with E-state index >= 15 is 0 Å². The SMILES string of the molecule is COC(=O)CCC(=O)N1c2ccccc2OCC1C. The lowest BCUT2D eigenvalue weighted by Gasteiger charge is -2.35. The number of methoxy groups -OCH3 is 1. The van der Waals surface area contributed by atoms with E-state index in [4.69, 9.17) is 4.74 Å². The highest BCUT2D eigenvalue weighted by Crippen LogP contribution is 2.33. The van der Waals surface area contributed by atoms with Gasteiger partial charge in [-0.1, -0.05) is 12.1 Å². The fourth-order valence-corrected chi connectivity index (χ4v) is 2.11. The van der Waals surface area contributed by atoms with E-state index in [1.54, 1.807) is 4.90 Å². The quantitative estimate of drug-likeness (QED) is 0.780. The number of benzene rings is 1. The first-order chi connectivity index (χ1) is 9.13. The molecular weight excluding hydrogens is 246 g/mol. The average molecular weight is 263 g/mol. The van der Waals surface area contributed by atoms with Crippen molar-refractivity contribution in [3.05, 3.63) is 24.3 Å². The minimum Gasteiger partial charge on any atom is -0.489 e. The minimum atomic E-state index is -0.373. The van der Waals surface area contributed by atoms with Crippen LogP contribution >= 0.6 is 0 Å². The molecule has 0 spiro atoms. The number of amides is 1. The van der Waals surface area contributed by atoms with Gasteiger partial charge >= 0.3 is 5.97 Å². The van der Waals surface area contributed by atoms with Crippen molar-refractivity contribution in [2.24, 2.45) is 0 Å². The van der Waals surface area contributed by atoms with Gasteiger partial charge in [-0.3, -0.25) is 9.59 Å². The molecule has 0 bridgehead atoms. The summed E-state index contributed by atoms with van der Waals surface area (Å²) in [6.45, 7) is 2.38. The van der Waals surface area contributed by atoms with Gasteiger partial charge in [-0.05, 0) is 19.1 Å². The van der Waals surface area contributed by atoms with Crippen molar-refractivity contribution in [1.29, 1.82) is 0 Å². The van der Waals surface area contributed by atoms with E-state index < -0.39 is 0 Å². The number of para-hydroxylation sites is 2. The molecule has 1 aliphatic rings.